The van der Waals surface area contributed by atoms with Crippen LogP contribution >= 0.6 is 17.8 Å². The fourth-order valence-corrected chi connectivity index (χ4v) is 9.58. The first-order valence-corrected chi connectivity index (χ1v) is 16.5. The van der Waals surface area contributed by atoms with E-state index in [1.54, 1.807) is 13.8 Å². The molecule has 0 heterocycles. The molecule has 0 amide bonds. The maximum atomic E-state index is 10.7. The van der Waals surface area contributed by atoms with Crippen LogP contribution in [0.1, 0.15) is 39.5 Å². The maximum absolute atomic E-state index is 10.7. The van der Waals surface area contributed by atoms with Crippen molar-refractivity contribution in [3.8, 4) is 0 Å². The van der Waals surface area contributed by atoms with Gasteiger partial charge in [-0.25, -0.2) is 0 Å². The molecule has 0 atom stereocenters. The van der Waals surface area contributed by atoms with Gasteiger partial charge in [-0.15, -0.1) is 0 Å². The van der Waals surface area contributed by atoms with Crippen molar-refractivity contribution in [2.45, 2.75) is 48.4 Å². The summed E-state index contributed by atoms with van der Waals surface area (Å²) in [6.45, 7) is 3.16. The molecule has 15 heavy (non-hydrogen) atoms. The fourth-order valence-electron chi connectivity index (χ4n) is 1.32. The van der Waals surface area contributed by atoms with Crippen LogP contribution in [0, 0.1) is 0 Å². The summed E-state index contributed by atoms with van der Waals surface area (Å²) >= 11 is -2.92. The summed E-state index contributed by atoms with van der Waals surface area (Å²) in [7, 11) is 12.5. The van der Waals surface area contributed by atoms with E-state index < -0.39 is 16.1 Å². The minimum absolute atomic E-state index is 0.189. The van der Waals surface area contributed by atoms with Gasteiger partial charge in [-0.1, -0.05) is 0 Å². The average Bonchev–Trinajstić information content (AvgIpc) is 2.01. The van der Waals surface area contributed by atoms with Crippen LogP contribution in [0.5, 0.6) is 0 Å². The van der Waals surface area contributed by atoms with Gasteiger partial charge < -0.3 is 0 Å². The van der Waals surface area contributed by atoms with Gasteiger partial charge in [0.2, 0.25) is 0 Å². The van der Waals surface area contributed by atoms with E-state index in [-0.39, 0.29) is 11.6 Å². The normalized spacial score (nSPS) is 11.5. The van der Waals surface area contributed by atoms with E-state index in [0.717, 1.165) is 21.7 Å². The van der Waals surface area contributed by atoms with Crippen molar-refractivity contribution in [3.05, 3.63) is 0 Å². The Morgan fingerprint density at radius 1 is 0.933 bits per heavy atom. The molecular weight excluding hydrogens is 342 g/mol. The summed E-state index contributed by atoms with van der Waals surface area (Å²) in [5.41, 5.74) is 0. The summed E-state index contributed by atoms with van der Waals surface area (Å²) in [5.74, 6) is 0.378. The van der Waals surface area contributed by atoms with E-state index in [9.17, 15) is 9.59 Å². The zero-order valence-corrected chi connectivity index (χ0v) is 13.7. The van der Waals surface area contributed by atoms with Gasteiger partial charge in [0.05, 0.1) is 0 Å². The topological polar surface area (TPSA) is 34.1 Å². The first kappa shape index (κ1) is 15.7. The third-order valence-electron chi connectivity index (χ3n) is 2.14. The Morgan fingerprint density at radius 2 is 1.27 bits per heavy atom. The van der Waals surface area contributed by atoms with Gasteiger partial charge >= 0.3 is 104 Å². The Labute approximate surface area is 103 Å². The second-order valence-corrected chi connectivity index (χ2v) is 22.7. The number of halogens is 2. The molecule has 0 saturated heterocycles. The second-order valence-electron chi connectivity index (χ2n) is 3.97. The van der Waals surface area contributed by atoms with Crippen molar-refractivity contribution in [2.75, 3.05) is 0 Å². The molecular formula is C10H18Cl2O2Sn. The number of rotatable bonds is 8. The van der Waals surface area contributed by atoms with Gasteiger partial charge in [0, 0.05) is 0 Å². The SMILES string of the molecule is CC(=O)CC[CH2][Sn]([Cl])([Cl])[CH2]CCC(C)=O. The van der Waals surface area contributed by atoms with E-state index in [2.05, 4.69) is 0 Å². The van der Waals surface area contributed by atoms with Gasteiger partial charge in [0.25, 0.3) is 0 Å². The minimum atomic E-state index is -2.92. The molecule has 0 N–H and O–H groups in total. The Kier molecular flexibility index (Phi) is 8.28. The Morgan fingerprint density at radius 3 is 1.53 bits per heavy atom. The van der Waals surface area contributed by atoms with E-state index in [4.69, 9.17) is 17.8 Å². The van der Waals surface area contributed by atoms with E-state index in [0.29, 0.717) is 12.8 Å². The van der Waals surface area contributed by atoms with E-state index in [1.165, 1.54) is 0 Å². The number of hydrogen-bond acceptors (Lipinski definition) is 2. The molecule has 0 rings (SSSR count). The molecule has 0 aliphatic carbocycles. The molecule has 0 unspecified atom stereocenters. The zero-order chi connectivity index (χ0) is 11.9. The molecule has 88 valence electrons. The zero-order valence-electron chi connectivity index (χ0n) is 9.32. The van der Waals surface area contributed by atoms with Crippen LogP contribution in [0.4, 0.5) is 0 Å². The third-order valence-corrected chi connectivity index (χ3v) is 13.4. The number of ketones is 2. The Hall–Kier alpha value is 0.719. The predicted octanol–water partition coefficient (Wildman–Crippen LogP) is 3.64. The molecule has 0 aromatic carbocycles. The van der Waals surface area contributed by atoms with Gasteiger partial charge in [-0.05, 0) is 0 Å². The van der Waals surface area contributed by atoms with Crippen LogP contribution < -0.4 is 0 Å². The van der Waals surface area contributed by atoms with Crippen LogP contribution in [-0.2, 0) is 9.59 Å². The molecule has 0 aliphatic rings. The first-order chi connectivity index (χ1) is 6.83. The first-order valence-electron chi connectivity index (χ1n) is 5.20. The van der Waals surface area contributed by atoms with Crippen molar-refractivity contribution in [2.24, 2.45) is 0 Å². The molecule has 0 radical (unpaired) electrons. The van der Waals surface area contributed by atoms with Crippen LogP contribution in [0.3, 0.4) is 0 Å². The molecule has 5 heteroatoms. The number of Topliss-reactive ketones (excluding diaryl/α,β-unsaturated/α-hetero) is 2. The quantitative estimate of drug-likeness (QED) is 0.620. The second kappa shape index (κ2) is 7.91. The standard InChI is InChI=1S/2C5H9O.2ClH.Sn/c2*1-3-4-5(2)6;;;/h2*1,3-4H2,2H3;2*1H;/q;;;;+2/p-2. The van der Waals surface area contributed by atoms with Crippen LogP contribution in [0.15, 0.2) is 0 Å². The van der Waals surface area contributed by atoms with Crippen molar-refractivity contribution in [1.29, 1.82) is 0 Å². The molecule has 0 spiro atoms. The summed E-state index contributed by atoms with van der Waals surface area (Å²) in [4.78, 5) is 21.5. The predicted molar refractivity (Wildman–Crippen MR) is 66.9 cm³/mol. The molecule has 0 aliphatic heterocycles. The molecule has 0 aromatic rings. The van der Waals surface area contributed by atoms with Crippen molar-refractivity contribution >= 4 is 45.5 Å². The summed E-state index contributed by atoms with van der Waals surface area (Å²) < 4.78 is 1.63. The molecule has 0 saturated carbocycles. The number of carbonyl (C=O) groups excluding carboxylic acids is 2. The summed E-state index contributed by atoms with van der Waals surface area (Å²) in [6.07, 6.45) is 2.76. The Balaban J connectivity index is 3.66. The molecule has 2 nitrogen and oxygen atoms in total. The van der Waals surface area contributed by atoms with Gasteiger partial charge in [0.1, 0.15) is 0 Å². The Bertz CT molecular complexity index is 207. The molecule has 0 aromatic heterocycles. The molecule has 0 bridgehead atoms. The monoisotopic (exact) mass is 360 g/mol. The van der Waals surface area contributed by atoms with Crippen molar-refractivity contribution in [3.63, 3.8) is 0 Å². The van der Waals surface area contributed by atoms with Gasteiger partial charge in [-0.2, -0.15) is 0 Å². The van der Waals surface area contributed by atoms with Crippen molar-refractivity contribution in [1.82, 2.24) is 0 Å². The van der Waals surface area contributed by atoms with Crippen LogP contribution in [0.2, 0.25) is 8.87 Å². The summed E-state index contributed by atoms with van der Waals surface area (Å²) in [6, 6.07) is 0. The third kappa shape index (κ3) is 11.0. The van der Waals surface area contributed by atoms with Gasteiger partial charge in [0.15, 0.2) is 0 Å². The van der Waals surface area contributed by atoms with Crippen molar-refractivity contribution < 1.29 is 9.59 Å². The van der Waals surface area contributed by atoms with Crippen LogP contribution in [0.25, 0.3) is 0 Å². The number of hydrogen-bond donors (Lipinski definition) is 0. The average molecular weight is 360 g/mol. The van der Waals surface area contributed by atoms with Gasteiger partial charge in [-0.3, -0.25) is 0 Å². The molecule has 0 fully saturated rings. The van der Waals surface area contributed by atoms with E-state index >= 15 is 0 Å². The summed E-state index contributed by atoms with van der Waals surface area (Å²) in [5, 5.41) is 0. The fraction of sp³-hybridized carbons (Fsp3) is 0.800. The van der Waals surface area contributed by atoms with Crippen LogP contribution in [-0.4, -0.2) is 27.7 Å². The van der Waals surface area contributed by atoms with E-state index in [1.807, 2.05) is 0 Å². The number of carbonyl (C=O) groups is 2.